The molecule has 1 heterocycles. The molecule has 1 N–H and O–H groups in total. The molecule has 26 heavy (non-hydrogen) atoms. The molecule has 0 atom stereocenters. The maximum atomic E-state index is 11.6. The van der Waals surface area contributed by atoms with E-state index in [1.54, 1.807) is 36.8 Å². The van der Waals surface area contributed by atoms with Gasteiger partial charge in [0.2, 0.25) is 0 Å². The number of imidazole rings is 1. The number of nitrogens with one attached hydrogen (secondary N) is 1. The van der Waals surface area contributed by atoms with E-state index in [0.29, 0.717) is 27.3 Å². The Morgan fingerprint density at radius 1 is 1.15 bits per heavy atom. The summed E-state index contributed by atoms with van der Waals surface area (Å²) in [7, 11) is -3.31. The highest BCUT2D eigenvalue weighted by atomic mass is 35.5. The summed E-state index contributed by atoms with van der Waals surface area (Å²) in [5.74, 6) is 0.636. The van der Waals surface area contributed by atoms with Crippen LogP contribution in [-0.4, -0.2) is 24.6 Å². The van der Waals surface area contributed by atoms with E-state index < -0.39 is 9.84 Å². The lowest BCUT2D eigenvalue weighted by Gasteiger charge is -2.12. The van der Waals surface area contributed by atoms with Crippen molar-refractivity contribution in [3.8, 4) is 5.75 Å². The normalized spacial score (nSPS) is 11.5. The minimum atomic E-state index is -3.31. The van der Waals surface area contributed by atoms with Crippen molar-refractivity contribution < 1.29 is 13.2 Å². The van der Waals surface area contributed by atoms with Crippen molar-refractivity contribution in [2.24, 2.45) is 0 Å². The molecule has 0 amide bonds. The van der Waals surface area contributed by atoms with Gasteiger partial charge in [0.15, 0.2) is 9.84 Å². The van der Waals surface area contributed by atoms with Crippen LogP contribution in [0.2, 0.25) is 10.0 Å². The molecule has 0 saturated heterocycles. The highest BCUT2D eigenvalue weighted by Crippen LogP contribution is 2.40. The summed E-state index contributed by atoms with van der Waals surface area (Å²) < 4.78 is 29.1. The molecule has 1 aromatic heterocycles. The van der Waals surface area contributed by atoms with Crippen LogP contribution >= 0.6 is 35.0 Å². The SMILES string of the molecule is CS(=O)(=O)c1ccc(Sc2cc(Cl)ccc2OCc2cnc[nH]2)c(Cl)c1. The number of aromatic amines is 1. The number of sulfone groups is 1. The fourth-order valence-corrected chi connectivity index (χ4v) is 4.30. The molecule has 5 nitrogen and oxygen atoms in total. The van der Waals surface area contributed by atoms with Crippen molar-refractivity contribution in [1.82, 2.24) is 9.97 Å². The lowest BCUT2D eigenvalue weighted by molar-refractivity contribution is 0.295. The predicted molar refractivity (Wildman–Crippen MR) is 103 cm³/mol. The van der Waals surface area contributed by atoms with Gasteiger partial charge in [-0.15, -0.1) is 0 Å². The fraction of sp³-hybridized carbons (Fsp3) is 0.118. The molecule has 0 fully saturated rings. The summed E-state index contributed by atoms with van der Waals surface area (Å²) >= 11 is 13.7. The van der Waals surface area contributed by atoms with Crippen LogP contribution in [0.25, 0.3) is 0 Å². The van der Waals surface area contributed by atoms with Gasteiger partial charge in [0.1, 0.15) is 12.4 Å². The Morgan fingerprint density at radius 2 is 1.96 bits per heavy atom. The van der Waals surface area contributed by atoms with E-state index in [9.17, 15) is 8.42 Å². The number of aromatic nitrogens is 2. The van der Waals surface area contributed by atoms with Crippen molar-refractivity contribution in [2.75, 3.05) is 6.26 Å². The molecular weight excluding hydrogens is 415 g/mol. The lowest BCUT2D eigenvalue weighted by Crippen LogP contribution is -1.98. The van der Waals surface area contributed by atoms with Gasteiger partial charge in [-0.05, 0) is 36.4 Å². The molecule has 0 aliphatic carbocycles. The monoisotopic (exact) mass is 428 g/mol. The Balaban J connectivity index is 1.86. The molecule has 0 aliphatic rings. The minimum Gasteiger partial charge on any atom is -0.486 e. The first-order valence-electron chi connectivity index (χ1n) is 7.40. The zero-order chi connectivity index (χ0) is 18.7. The Hall–Kier alpha value is -1.67. The quantitative estimate of drug-likeness (QED) is 0.607. The Morgan fingerprint density at radius 3 is 2.62 bits per heavy atom. The van der Waals surface area contributed by atoms with Crippen LogP contribution in [0.15, 0.2) is 63.6 Å². The second kappa shape index (κ2) is 7.92. The van der Waals surface area contributed by atoms with Gasteiger partial charge >= 0.3 is 0 Å². The van der Waals surface area contributed by atoms with Crippen LogP contribution in [0, 0.1) is 0 Å². The van der Waals surface area contributed by atoms with Gasteiger partial charge < -0.3 is 9.72 Å². The van der Waals surface area contributed by atoms with Crippen molar-refractivity contribution in [3.05, 3.63) is 64.7 Å². The molecule has 9 heteroatoms. The van der Waals surface area contributed by atoms with Gasteiger partial charge in [-0.3, -0.25) is 0 Å². The molecule has 0 radical (unpaired) electrons. The second-order valence-electron chi connectivity index (χ2n) is 5.42. The summed E-state index contributed by atoms with van der Waals surface area (Å²) in [5, 5.41) is 0.905. The van der Waals surface area contributed by atoms with Crippen LogP contribution in [-0.2, 0) is 16.4 Å². The zero-order valence-corrected chi connectivity index (χ0v) is 16.7. The standard InChI is InChI=1S/C17H14Cl2N2O3S2/c1-26(22,23)13-3-5-16(14(19)7-13)25-17-6-11(18)2-4-15(17)24-9-12-8-20-10-21-12/h2-8,10H,9H2,1H3,(H,20,21). The first-order chi connectivity index (χ1) is 12.3. The molecule has 2 aromatic carbocycles. The maximum Gasteiger partial charge on any atom is 0.175 e. The summed E-state index contributed by atoms with van der Waals surface area (Å²) in [6, 6.07) is 9.93. The van der Waals surface area contributed by atoms with Gasteiger partial charge in [0, 0.05) is 16.2 Å². The van der Waals surface area contributed by atoms with E-state index in [-0.39, 0.29) is 4.90 Å². The number of nitrogens with zero attached hydrogens (tertiary/aromatic N) is 1. The fourth-order valence-electron chi connectivity index (χ4n) is 2.11. The maximum absolute atomic E-state index is 11.6. The molecule has 136 valence electrons. The zero-order valence-electron chi connectivity index (χ0n) is 13.6. The molecule has 0 spiro atoms. The third-order valence-corrected chi connectivity index (χ3v) is 6.28. The molecule has 3 aromatic rings. The number of halogens is 2. The van der Waals surface area contributed by atoms with Crippen LogP contribution in [0.1, 0.15) is 5.69 Å². The molecule has 0 bridgehead atoms. The molecule has 3 rings (SSSR count). The molecule has 0 saturated carbocycles. The summed E-state index contributed by atoms with van der Waals surface area (Å²) in [6.07, 6.45) is 4.41. The van der Waals surface area contributed by atoms with Crippen molar-refractivity contribution in [3.63, 3.8) is 0 Å². The van der Waals surface area contributed by atoms with E-state index in [2.05, 4.69) is 9.97 Å². The minimum absolute atomic E-state index is 0.175. The van der Waals surface area contributed by atoms with Gasteiger partial charge in [-0.2, -0.15) is 0 Å². The van der Waals surface area contributed by atoms with Crippen LogP contribution < -0.4 is 4.74 Å². The second-order valence-corrected chi connectivity index (χ2v) is 9.37. The van der Waals surface area contributed by atoms with Gasteiger partial charge in [-0.1, -0.05) is 35.0 Å². The Bertz CT molecular complexity index is 1020. The lowest BCUT2D eigenvalue weighted by atomic mass is 10.3. The number of H-pyrrole nitrogens is 1. The molecular formula is C17H14Cl2N2O3S2. The average molecular weight is 429 g/mol. The largest absolute Gasteiger partial charge is 0.486 e. The van der Waals surface area contributed by atoms with Crippen molar-refractivity contribution in [1.29, 1.82) is 0 Å². The predicted octanol–water partition coefficient (Wildman–Crippen LogP) is 4.85. The van der Waals surface area contributed by atoms with Gasteiger partial charge in [0.25, 0.3) is 0 Å². The number of benzene rings is 2. The van der Waals surface area contributed by atoms with Gasteiger partial charge in [0.05, 0.1) is 33.0 Å². The number of hydrogen-bond donors (Lipinski definition) is 1. The number of ether oxygens (including phenoxy) is 1. The van der Waals surface area contributed by atoms with Crippen molar-refractivity contribution in [2.45, 2.75) is 21.3 Å². The summed E-state index contributed by atoms with van der Waals surface area (Å²) in [4.78, 5) is 8.57. The van der Waals surface area contributed by atoms with Crippen LogP contribution in [0.4, 0.5) is 0 Å². The highest BCUT2D eigenvalue weighted by molar-refractivity contribution is 7.99. The first kappa shape index (κ1) is 19.1. The number of rotatable bonds is 6. The third kappa shape index (κ3) is 4.73. The van der Waals surface area contributed by atoms with E-state index in [4.69, 9.17) is 27.9 Å². The van der Waals surface area contributed by atoms with E-state index >= 15 is 0 Å². The topological polar surface area (TPSA) is 72.1 Å². The smallest absolute Gasteiger partial charge is 0.175 e. The first-order valence-corrected chi connectivity index (χ1v) is 10.9. The average Bonchev–Trinajstić information content (AvgIpc) is 3.08. The highest BCUT2D eigenvalue weighted by Gasteiger charge is 2.13. The van der Waals surface area contributed by atoms with Crippen LogP contribution in [0.5, 0.6) is 5.75 Å². The van der Waals surface area contributed by atoms with Crippen LogP contribution in [0.3, 0.4) is 0 Å². The van der Waals surface area contributed by atoms with E-state index in [0.717, 1.165) is 16.8 Å². The molecule has 0 unspecified atom stereocenters. The Kier molecular flexibility index (Phi) is 5.82. The van der Waals surface area contributed by atoms with Gasteiger partial charge in [-0.25, -0.2) is 13.4 Å². The van der Waals surface area contributed by atoms with Crippen molar-refractivity contribution >= 4 is 44.8 Å². The summed E-state index contributed by atoms with van der Waals surface area (Å²) in [5.41, 5.74) is 0.839. The number of hydrogen-bond acceptors (Lipinski definition) is 5. The van der Waals surface area contributed by atoms with E-state index in [1.165, 1.54) is 23.9 Å². The third-order valence-electron chi connectivity index (χ3n) is 3.40. The summed E-state index contributed by atoms with van der Waals surface area (Å²) in [6.45, 7) is 0.329. The Labute approximate surface area is 165 Å². The van der Waals surface area contributed by atoms with E-state index in [1.807, 2.05) is 0 Å². The molecule has 0 aliphatic heterocycles.